The first-order chi connectivity index (χ1) is 15.6. The third-order valence-corrected chi connectivity index (χ3v) is 5.78. The number of amides is 1. The Morgan fingerprint density at radius 3 is 2.62 bits per heavy atom. The van der Waals surface area contributed by atoms with Crippen LogP contribution in [0.2, 0.25) is 5.02 Å². The Kier molecular flexibility index (Phi) is 7.55. The summed E-state index contributed by atoms with van der Waals surface area (Å²) in [6.45, 7) is 1.30. The first-order valence-corrected chi connectivity index (χ1v) is 11.1. The van der Waals surface area contributed by atoms with Crippen LogP contribution in [0.3, 0.4) is 0 Å². The van der Waals surface area contributed by atoms with Gasteiger partial charge in [0.15, 0.2) is 6.29 Å². The average molecular weight is 452 g/mol. The number of nitrogens with one attached hydrogen (secondary N) is 1. The molecule has 2 unspecified atom stereocenters. The largest absolute Gasteiger partial charge is 0.373 e. The molecule has 32 heavy (non-hydrogen) atoms. The highest BCUT2D eigenvalue weighted by Gasteiger charge is 2.24. The second-order valence-electron chi connectivity index (χ2n) is 7.82. The molecule has 0 saturated carbocycles. The fourth-order valence-corrected chi connectivity index (χ4v) is 4.00. The Balaban J connectivity index is 1.33. The molecule has 1 fully saturated rings. The van der Waals surface area contributed by atoms with Crippen molar-refractivity contribution in [1.29, 1.82) is 0 Å². The minimum absolute atomic E-state index is 0.231. The molecule has 5 nitrogen and oxygen atoms in total. The predicted molar refractivity (Wildman–Crippen MR) is 124 cm³/mol. The predicted octanol–water partition coefficient (Wildman–Crippen LogP) is 4.95. The lowest BCUT2D eigenvalue weighted by atomic mass is 10.0. The number of benzene rings is 3. The first kappa shape index (κ1) is 22.5. The molecule has 2 atom stereocenters. The maximum absolute atomic E-state index is 12.7. The van der Waals surface area contributed by atoms with Gasteiger partial charge >= 0.3 is 0 Å². The van der Waals surface area contributed by atoms with E-state index in [1.165, 1.54) is 0 Å². The zero-order valence-electron chi connectivity index (χ0n) is 17.7. The smallest absolute Gasteiger partial charge is 0.253 e. The number of halogens is 1. The van der Waals surface area contributed by atoms with Crippen LogP contribution >= 0.6 is 11.6 Å². The molecule has 1 aliphatic heterocycles. The van der Waals surface area contributed by atoms with E-state index < -0.39 is 6.29 Å². The van der Waals surface area contributed by atoms with Crippen LogP contribution in [0.5, 0.6) is 0 Å². The van der Waals surface area contributed by atoms with Gasteiger partial charge in [0.1, 0.15) is 6.10 Å². The summed E-state index contributed by atoms with van der Waals surface area (Å²) >= 11 is 6.39. The van der Waals surface area contributed by atoms with Crippen LogP contribution in [0.4, 0.5) is 0 Å². The van der Waals surface area contributed by atoms with Crippen LogP contribution in [0.25, 0.3) is 11.1 Å². The first-order valence-electron chi connectivity index (χ1n) is 10.7. The number of rotatable bonds is 8. The molecule has 1 heterocycles. The van der Waals surface area contributed by atoms with Crippen LogP contribution < -0.4 is 5.32 Å². The summed E-state index contributed by atoms with van der Waals surface area (Å²) in [7, 11) is 0. The number of ether oxygens (including phenoxy) is 2. The molecule has 1 aliphatic rings. The summed E-state index contributed by atoms with van der Waals surface area (Å²) in [5, 5.41) is 13.4. The molecular weight excluding hydrogens is 426 g/mol. The topological polar surface area (TPSA) is 67.8 Å². The molecule has 0 bridgehead atoms. The van der Waals surface area contributed by atoms with Crippen molar-refractivity contribution in [3.05, 3.63) is 94.5 Å². The van der Waals surface area contributed by atoms with Gasteiger partial charge in [-0.3, -0.25) is 4.79 Å². The number of aliphatic hydroxyl groups excluding tert-OH is 1. The van der Waals surface area contributed by atoms with Crippen LogP contribution in [-0.2, 0) is 22.6 Å². The second kappa shape index (κ2) is 10.7. The number of aliphatic hydroxyl groups is 1. The third kappa shape index (κ3) is 5.75. The normalized spacial score (nSPS) is 16.6. The zero-order valence-corrected chi connectivity index (χ0v) is 18.4. The van der Waals surface area contributed by atoms with Gasteiger partial charge in [-0.25, -0.2) is 0 Å². The molecule has 1 saturated heterocycles. The van der Waals surface area contributed by atoms with Gasteiger partial charge < -0.3 is 19.9 Å². The lowest BCUT2D eigenvalue weighted by Crippen LogP contribution is -2.27. The Morgan fingerprint density at radius 1 is 1.06 bits per heavy atom. The molecule has 3 aromatic rings. The van der Waals surface area contributed by atoms with Crippen molar-refractivity contribution in [2.75, 3.05) is 6.61 Å². The van der Waals surface area contributed by atoms with Crippen LogP contribution in [0, 0.1) is 0 Å². The Morgan fingerprint density at radius 2 is 1.88 bits per heavy atom. The highest BCUT2D eigenvalue weighted by Crippen LogP contribution is 2.25. The minimum atomic E-state index is -0.929. The Hall–Kier alpha value is -2.70. The minimum Gasteiger partial charge on any atom is -0.373 e. The summed E-state index contributed by atoms with van der Waals surface area (Å²) in [5.74, 6) is -0.231. The van der Waals surface area contributed by atoms with E-state index >= 15 is 0 Å². The summed E-state index contributed by atoms with van der Waals surface area (Å²) in [4.78, 5) is 12.7. The van der Waals surface area contributed by atoms with E-state index in [-0.39, 0.29) is 18.6 Å². The van der Waals surface area contributed by atoms with Crippen molar-refractivity contribution < 1.29 is 19.4 Å². The quantitative estimate of drug-likeness (QED) is 0.475. The summed E-state index contributed by atoms with van der Waals surface area (Å²) in [6.07, 6.45) is 0.568. The van der Waals surface area contributed by atoms with Crippen LogP contribution in [0.15, 0.2) is 72.8 Å². The van der Waals surface area contributed by atoms with Crippen molar-refractivity contribution >= 4 is 17.5 Å². The molecular formula is C26H26ClNO4. The summed E-state index contributed by atoms with van der Waals surface area (Å²) in [5.41, 5.74) is 4.29. The standard InChI is InChI=1S/C26H26ClNO4/c27-23-15-21(20-8-2-1-3-9-20)11-12-22(23)25(29)28-16-18-6-4-7-19(14-18)17-32-26(30)24-10-5-13-31-24/h1-4,6-9,11-12,14-15,24,26,30H,5,10,13,16-17H2,(H,28,29). The molecule has 6 heteroatoms. The van der Waals surface area contributed by atoms with Crippen molar-refractivity contribution in [2.45, 2.75) is 38.4 Å². The fourth-order valence-electron chi connectivity index (χ4n) is 3.73. The van der Waals surface area contributed by atoms with E-state index in [0.29, 0.717) is 23.7 Å². The molecule has 0 spiro atoms. The van der Waals surface area contributed by atoms with Gasteiger partial charge in [0.05, 0.1) is 17.2 Å². The molecule has 0 aliphatic carbocycles. The summed E-state index contributed by atoms with van der Waals surface area (Å²) < 4.78 is 11.0. The lowest BCUT2D eigenvalue weighted by molar-refractivity contribution is -0.171. The van der Waals surface area contributed by atoms with Crippen molar-refractivity contribution in [1.82, 2.24) is 5.32 Å². The molecule has 0 aromatic heterocycles. The highest BCUT2D eigenvalue weighted by atomic mass is 35.5. The van der Waals surface area contributed by atoms with Gasteiger partial charge in [0.2, 0.25) is 0 Å². The third-order valence-electron chi connectivity index (χ3n) is 5.47. The van der Waals surface area contributed by atoms with E-state index in [4.69, 9.17) is 21.1 Å². The van der Waals surface area contributed by atoms with Gasteiger partial charge in [-0.2, -0.15) is 0 Å². The SMILES string of the molecule is O=C(NCc1cccc(COC(O)C2CCCO2)c1)c1ccc(-c2ccccc2)cc1Cl. The monoisotopic (exact) mass is 451 g/mol. The van der Waals surface area contributed by atoms with Gasteiger partial charge in [-0.1, -0.05) is 72.3 Å². The summed E-state index contributed by atoms with van der Waals surface area (Å²) in [6, 6.07) is 23.0. The van der Waals surface area contributed by atoms with Crippen molar-refractivity contribution in [2.24, 2.45) is 0 Å². The number of hydrogen-bond acceptors (Lipinski definition) is 4. The highest BCUT2D eigenvalue weighted by molar-refractivity contribution is 6.34. The molecule has 2 N–H and O–H groups in total. The van der Waals surface area contributed by atoms with Crippen LogP contribution in [-0.4, -0.2) is 30.0 Å². The Bertz CT molecular complexity index is 1050. The van der Waals surface area contributed by atoms with Crippen molar-refractivity contribution in [3.8, 4) is 11.1 Å². The van der Waals surface area contributed by atoms with E-state index in [0.717, 1.165) is 35.1 Å². The molecule has 4 rings (SSSR count). The molecule has 166 valence electrons. The van der Waals surface area contributed by atoms with E-state index in [9.17, 15) is 9.90 Å². The average Bonchev–Trinajstić information content (AvgIpc) is 3.37. The van der Waals surface area contributed by atoms with E-state index in [1.54, 1.807) is 6.07 Å². The van der Waals surface area contributed by atoms with Crippen molar-refractivity contribution in [3.63, 3.8) is 0 Å². The molecule has 3 aromatic carbocycles. The maximum atomic E-state index is 12.7. The number of carbonyl (C=O) groups is 1. The number of hydrogen-bond donors (Lipinski definition) is 2. The van der Waals surface area contributed by atoms with E-state index in [1.807, 2.05) is 66.7 Å². The van der Waals surface area contributed by atoms with Gasteiger partial charge in [0, 0.05) is 13.2 Å². The Labute approximate surface area is 192 Å². The maximum Gasteiger partial charge on any atom is 0.253 e. The molecule has 1 amide bonds. The lowest BCUT2D eigenvalue weighted by Gasteiger charge is -2.18. The van der Waals surface area contributed by atoms with Gasteiger partial charge in [-0.15, -0.1) is 0 Å². The van der Waals surface area contributed by atoms with E-state index in [2.05, 4.69) is 5.32 Å². The fraction of sp³-hybridized carbons (Fsp3) is 0.269. The van der Waals surface area contributed by atoms with Crippen LogP contribution in [0.1, 0.15) is 34.3 Å². The van der Waals surface area contributed by atoms with Gasteiger partial charge in [-0.05, 0) is 47.2 Å². The number of carbonyl (C=O) groups excluding carboxylic acids is 1. The zero-order chi connectivity index (χ0) is 22.3. The van der Waals surface area contributed by atoms with Gasteiger partial charge in [0.25, 0.3) is 5.91 Å². The molecule has 0 radical (unpaired) electrons. The second-order valence-corrected chi connectivity index (χ2v) is 8.22.